The second-order valence-corrected chi connectivity index (χ2v) is 4.66. The maximum atomic E-state index is 11.1. The topological polar surface area (TPSA) is 102 Å². The molecule has 0 radical (unpaired) electrons. The van der Waals surface area contributed by atoms with Crippen LogP contribution >= 0.6 is 15.9 Å². The minimum atomic E-state index is -0.676. The van der Waals surface area contributed by atoms with E-state index < -0.39 is 28.5 Å². The molecule has 0 bridgehead atoms. The van der Waals surface area contributed by atoms with Crippen molar-refractivity contribution in [3.05, 3.63) is 32.3 Å². The first-order valence-corrected chi connectivity index (χ1v) is 5.88. The second-order valence-electron chi connectivity index (χ2n) is 3.74. The Balaban J connectivity index is 2.43. The molecule has 1 heterocycles. The average Bonchev–Trinajstić information content (AvgIpc) is 2.31. The van der Waals surface area contributed by atoms with Gasteiger partial charge in [0.2, 0.25) is 0 Å². The van der Waals surface area contributed by atoms with E-state index in [1.54, 1.807) is 6.07 Å². The van der Waals surface area contributed by atoms with E-state index in [-0.39, 0.29) is 6.61 Å². The summed E-state index contributed by atoms with van der Waals surface area (Å²) in [6, 6.07) is 2.25. The van der Waals surface area contributed by atoms with Crippen LogP contribution in [0.25, 0.3) is 0 Å². The van der Waals surface area contributed by atoms with Gasteiger partial charge in [-0.1, -0.05) is 15.9 Å². The first kappa shape index (κ1) is 12.6. The van der Waals surface area contributed by atoms with Crippen LogP contribution in [0.3, 0.4) is 0 Å². The highest BCUT2D eigenvalue weighted by molar-refractivity contribution is 9.10. The van der Waals surface area contributed by atoms with Gasteiger partial charge >= 0.3 is 11.8 Å². The molecular formula is C10H9BrN2O5. The third kappa shape index (κ3) is 2.37. The highest BCUT2D eigenvalue weighted by Crippen LogP contribution is 2.38. The Hall–Kier alpha value is -1.83. The molecular weight excluding hydrogens is 308 g/mol. The first-order valence-electron chi connectivity index (χ1n) is 5.09. The second kappa shape index (κ2) is 4.81. The van der Waals surface area contributed by atoms with Crippen LogP contribution in [0.4, 0.5) is 10.5 Å². The molecule has 1 amide bonds. The van der Waals surface area contributed by atoms with Crippen molar-refractivity contribution in [2.75, 3.05) is 6.61 Å². The molecule has 18 heavy (non-hydrogen) atoms. The van der Waals surface area contributed by atoms with Gasteiger partial charge in [-0.05, 0) is 6.07 Å². The van der Waals surface area contributed by atoms with Gasteiger partial charge in [0.15, 0.2) is 5.75 Å². The number of phenols is 1. The number of nitrogens with zero attached hydrogens (tertiary/aromatic N) is 1. The molecule has 0 aliphatic carbocycles. The highest BCUT2D eigenvalue weighted by Gasteiger charge is 2.27. The van der Waals surface area contributed by atoms with Crippen molar-refractivity contribution in [3.8, 4) is 5.75 Å². The third-order valence-corrected chi connectivity index (χ3v) is 3.05. The number of phenolic OH excluding ortho intramolecular Hbond substituents is 1. The molecule has 1 aliphatic rings. The van der Waals surface area contributed by atoms with Crippen molar-refractivity contribution in [1.82, 2.24) is 5.32 Å². The Morgan fingerprint density at radius 3 is 2.89 bits per heavy atom. The molecule has 2 rings (SSSR count). The van der Waals surface area contributed by atoms with Crippen LogP contribution in [0.5, 0.6) is 5.75 Å². The SMILES string of the molecule is O=C1N[C@@H](c2cc(Br)cc([N+](=O)[O-])c2O)CCO1. The van der Waals surface area contributed by atoms with E-state index in [0.717, 1.165) is 0 Å². The Morgan fingerprint density at radius 1 is 1.56 bits per heavy atom. The van der Waals surface area contributed by atoms with Gasteiger partial charge in [0.25, 0.3) is 0 Å². The van der Waals surface area contributed by atoms with Gasteiger partial charge in [-0.25, -0.2) is 4.79 Å². The normalized spacial score (nSPS) is 18.9. The van der Waals surface area contributed by atoms with E-state index in [9.17, 15) is 20.0 Å². The standard InChI is InChI=1S/C10H9BrN2O5/c11-5-3-6(7-1-2-18-10(15)12-7)9(14)8(4-5)13(16)17/h3-4,7,14H,1-2H2,(H,12,15)/t7-/m1/s1. The summed E-state index contributed by atoms with van der Waals surface area (Å²) in [7, 11) is 0. The zero-order valence-corrected chi connectivity index (χ0v) is 10.6. The minimum absolute atomic E-state index is 0.205. The Kier molecular flexibility index (Phi) is 3.37. The quantitative estimate of drug-likeness (QED) is 0.643. The summed E-state index contributed by atoms with van der Waals surface area (Å²) in [5.74, 6) is -0.435. The van der Waals surface area contributed by atoms with Crippen LogP contribution in [0.1, 0.15) is 18.0 Å². The van der Waals surface area contributed by atoms with Crippen LogP contribution in [0, 0.1) is 10.1 Å². The van der Waals surface area contributed by atoms with Crippen LogP contribution in [0.2, 0.25) is 0 Å². The Morgan fingerprint density at radius 2 is 2.28 bits per heavy atom. The Labute approximate surface area is 110 Å². The van der Waals surface area contributed by atoms with Crippen molar-refractivity contribution in [1.29, 1.82) is 0 Å². The number of ether oxygens (including phenoxy) is 1. The fourth-order valence-corrected chi connectivity index (χ4v) is 2.23. The number of cyclic esters (lactones) is 1. The van der Waals surface area contributed by atoms with Gasteiger partial charge in [0.05, 0.1) is 17.6 Å². The van der Waals surface area contributed by atoms with Crippen molar-refractivity contribution in [2.24, 2.45) is 0 Å². The number of nitrogens with one attached hydrogen (secondary N) is 1. The first-order chi connectivity index (χ1) is 8.49. The van der Waals surface area contributed by atoms with E-state index in [1.807, 2.05) is 0 Å². The van der Waals surface area contributed by atoms with E-state index in [0.29, 0.717) is 16.5 Å². The van der Waals surface area contributed by atoms with E-state index >= 15 is 0 Å². The molecule has 1 aromatic rings. The van der Waals surface area contributed by atoms with Crippen molar-refractivity contribution < 1.29 is 19.6 Å². The summed E-state index contributed by atoms with van der Waals surface area (Å²) in [6.45, 7) is 0.205. The molecule has 0 unspecified atom stereocenters. The van der Waals surface area contributed by atoms with Crippen LogP contribution in [-0.4, -0.2) is 22.7 Å². The van der Waals surface area contributed by atoms with E-state index in [2.05, 4.69) is 21.2 Å². The van der Waals surface area contributed by atoms with Crippen molar-refractivity contribution >= 4 is 27.7 Å². The lowest BCUT2D eigenvalue weighted by Crippen LogP contribution is -2.35. The lowest BCUT2D eigenvalue weighted by Gasteiger charge is -2.24. The summed E-state index contributed by atoms with van der Waals surface area (Å²) in [4.78, 5) is 21.2. The van der Waals surface area contributed by atoms with Crippen LogP contribution < -0.4 is 5.32 Å². The highest BCUT2D eigenvalue weighted by atomic mass is 79.9. The number of nitro benzene ring substituents is 1. The predicted octanol–water partition coefficient (Wildman–Crippen LogP) is 2.23. The van der Waals surface area contributed by atoms with E-state index in [4.69, 9.17) is 4.74 Å². The minimum Gasteiger partial charge on any atom is -0.502 e. The number of rotatable bonds is 2. The number of carbonyl (C=O) groups excluding carboxylic acids is 1. The summed E-state index contributed by atoms with van der Waals surface area (Å²) >= 11 is 3.14. The van der Waals surface area contributed by atoms with Crippen LogP contribution in [0.15, 0.2) is 16.6 Å². The molecule has 96 valence electrons. The monoisotopic (exact) mass is 316 g/mol. The smallest absolute Gasteiger partial charge is 0.407 e. The number of halogens is 1. The third-order valence-electron chi connectivity index (χ3n) is 2.59. The van der Waals surface area contributed by atoms with Crippen molar-refractivity contribution in [3.63, 3.8) is 0 Å². The van der Waals surface area contributed by atoms with Gasteiger partial charge in [-0.3, -0.25) is 10.1 Å². The summed E-state index contributed by atoms with van der Waals surface area (Å²) in [6.07, 6.45) is -0.166. The fraction of sp³-hybridized carbons (Fsp3) is 0.300. The molecule has 1 saturated heterocycles. The van der Waals surface area contributed by atoms with Gasteiger partial charge in [-0.15, -0.1) is 0 Å². The lowest BCUT2D eigenvalue weighted by atomic mass is 10.0. The Bertz CT molecular complexity index is 519. The summed E-state index contributed by atoms with van der Waals surface area (Å²) in [5.41, 5.74) is -0.104. The zero-order chi connectivity index (χ0) is 13.3. The number of alkyl carbamates (subject to hydrolysis) is 1. The number of hydrogen-bond acceptors (Lipinski definition) is 5. The molecule has 7 nitrogen and oxygen atoms in total. The summed E-state index contributed by atoms with van der Waals surface area (Å²) < 4.78 is 5.16. The number of nitro groups is 1. The molecule has 0 saturated carbocycles. The largest absolute Gasteiger partial charge is 0.502 e. The zero-order valence-electron chi connectivity index (χ0n) is 9.05. The molecule has 1 fully saturated rings. The number of benzene rings is 1. The fourth-order valence-electron chi connectivity index (χ4n) is 1.77. The molecule has 1 atom stereocenters. The number of aromatic hydroxyl groups is 1. The van der Waals surface area contributed by atoms with Crippen LogP contribution in [-0.2, 0) is 4.74 Å². The molecule has 1 aromatic carbocycles. The van der Waals surface area contributed by atoms with Gasteiger partial charge in [0.1, 0.15) is 0 Å². The summed E-state index contributed by atoms with van der Waals surface area (Å²) in [5, 5.41) is 23.2. The molecule has 1 aliphatic heterocycles. The van der Waals surface area contributed by atoms with Gasteiger partial charge in [-0.2, -0.15) is 0 Å². The number of amides is 1. The molecule has 8 heteroatoms. The molecule has 0 aromatic heterocycles. The average molecular weight is 317 g/mol. The maximum Gasteiger partial charge on any atom is 0.407 e. The van der Waals surface area contributed by atoms with Gasteiger partial charge in [0, 0.05) is 22.5 Å². The number of carbonyl (C=O) groups is 1. The number of hydrogen-bond donors (Lipinski definition) is 2. The molecule has 0 spiro atoms. The maximum absolute atomic E-state index is 11.1. The van der Waals surface area contributed by atoms with Crippen molar-refractivity contribution in [2.45, 2.75) is 12.5 Å². The van der Waals surface area contributed by atoms with Gasteiger partial charge < -0.3 is 15.2 Å². The lowest BCUT2D eigenvalue weighted by molar-refractivity contribution is -0.386. The predicted molar refractivity (Wildman–Crippen MR) is 64.3 cm³/mol. The molecule has 2 N–H and O–H groups in total. The van der Waals surface area contributed by atoms with E-state index in [1.165, 1.54) is 6.07 Å².